The zero-order valence-electron chi connectivity index (χ0n) is 11.3. The Morgan fingerprint density at radius 1 is 1.16 bits per heavy atom. The van der Waals surface area contributed by atoms with Crippen LogP contribution in [-0.2, 0) is 0 Å². The van der Waals surface area contributed by atoms with Gasteiger partial charge in [-0.25, -0.2) is 0 Å². The molecule has 1 aromatic carbocycles. The average molecular weight is 354 g/mol. The van der Waals surface area contributed by atoms with Crippen LogP contribution in [0, 0.1) is 0 Å². The Morgan fingerprint density at radius 2 is 1.74 bits per heavy atom. The van der Waals surface area contributed by atoms with Gasteiger partial charge in [-0.2, -0.15) is 0 Å². The van der Waals surface area contributed by atoms with Crippen molar-refractivity contribution in [2.75, 3.05) is 20.8 Å². The smallest absolute Gasteiger partial charge is 0.161 e. The highest BCUT2D eigenvalue weighted by Crippen LogP contribution is 2.36. The van der Waals surface area contributed by atoms with E-state index in [1.54, 1.807) is 14.2 Å². The number of unbranched alkanes of at least 4 members (excludes halogenated alkanes) is 1. The normalized spacial score (nSPS) is 11.6. The quantitative estimate of drug-likeness (QED) is 0.739. The maximum Gasteiger partial charge on any atom is 0.161 e. The van der Waals surface area contributed by atoms with Gasteiger partial charge in [0.05, 0.1) is 14.2 Å². The van der Waals surface area contributed by atoms with Crippen LogP contribution < -0.4 is 20.9 Å². The largest absolute Gasteiger partial charge is 0.493 e. The molecule has 0 amide bonds. The van der Waals surface area contributed by atoms with Crippen molar-refractivity contribution in [1.82, 2.24) is 0 Å². The number of benzene rings is 1. The molecular formula is C13H22BrClN2O2. The zero-order valence-corrected chi connectivity index (χ0v) is 13.7. The van der Waals surface area contributed by atoms with E-state index in [4.69, 9.17) is 20.9 Å². The van der Waals surface area contributed by atoms with E-state index in [1.165, 1.54) is 0 Å². The van der Waals surface area contributed by atoms with Crippen molar-refractivity contribution in [3.8, 4) is 11.5 Å². The second kappa shape index (κ2) is 9.42. The minimum atomic E-state index is -0.0225. The summed E-state index contributed by atoms with van der Waals surface area (Å²) in [6.07, 6.45) is 2.93. The Morgan fingerprint density at radius 3 is 2.26 bits per heavy atom. The van der Waals surface area contributed by atoms with Crippen LogP contribution >= 0.6 is 28.3 Å². The van der Waals surface area contributed by atoms with Crippen LogP contribution in [0.25, 0.3) is 0 Å². The van der Waals surface area contributed by atoms with Gasteiger partial charge in [-0.05, 0) is 37.1 Å². The van der Waals surface area contributed by atoms with Crippen LogP contribution in [0.15, 0.2) is 16.6 Å². The fourth-order valence-corrected chi connectivity index (χ4v) is 2.43. The minimum Gasteiger partial charge on any atom is -0.493 e. The monoisotopic (exact) mass is 352 g/mol. The Labute approximate surface area is 129 Å². The molecule has 0 unspecified atom stereocenters. The van der Waals surface area contributed by atoms with Gasteiger partial charge in [0, 0.05) is 10.5 Å². The molecule has 0 aliphatic heterocycles. The summed E-state index contributed by atoms with van der Waals surface area (Å²) in [5, 5.41) is 0. The summed E-state index contributed by atoms with van der Waals surface area (Å²) in [6.45, 7) is 0.708. The second-order valence-corrected chi connectivity index (χ2v) is 4.97. The van der Waals surface area contributed by atoms with Crippen LogP contribution in [-0.4, -0.2) is 20.8 Å². The van der Waals surface area contributed by atoms with E-state index in [2.05, 4.69) is 15.9 Å². The van der Waals surface area contributed by atoms with E-state index in [9.17, 15) is 0 Å². The summed E-state index contributed by atoms with van der Waals surface area (Å²) in [5.41, 5.74) is 12.7. The van der Waals surface area contributed by atoms with Gasteiger partial charge >= 0.3 is 0 Å². The molecule has 0 saturated heterocycles. The van der Waals surface area contributed by atoms with Crippen molar-refractivity contribution in [2.24, 2.45) is 11.5 Å². The number of halogens is 2. The van der Waals surface area contributed by atoms with E-state index in [0.29, 0.717) is 18.0 Å². The second-order valence-electron chi connectivity index (χ2n) is 4.12. The van der Waals surface area contributed by atoms with Gasteiger partial charge in [-0.3, -0.25) is 0 Å². The summed E-state index contributed by atoms with van der Waals surface area (Å²) < 4.78 is 11.5. The number of hydrogen-bond donors (Lipinski definition) is 2. The fraction of sp³-hybridized carbons (Fsp3) is 0.538. The minimum absolute atomic E-state index is 0. The third-order valence-corrected chi connectivity index (χ3v) is 3.56. The molecule has 0 fully saturated rings. The van der Waals surface area contributed by atoms with Crippen molar-refractivity contribution in [2.45, 2.75) is 25.3 Å². The molecule has 1 rings (SSSR count). The standard InChI is InChI=1S/C13H21BrN2O2.ClH/c1-17-12-7-9(10(14)8-13(12)18-2)11(16)5-3-4-6-15;/h7-8,11H,3-6,15-16H2,1-2H3;1H/t11-;/m1./s1. The molecule has 6 heteroatoms. The number of ether oxygens (including phenoxy) is 2. The molecule has 0 spiro atoms. The molecule has 0 aromatic heterocycles. The van der Waals surface area contributed by atoms with Crippen molar-refractivity contribution in [3.63, 3.8) is 0 Å². The molecule has 0 saturated carbocycles. The number of methoxy groups -OCH3 is 2. The van der Waals surface area contributed by atoms with Gasteiger partial charge in [-0.15, -0.1) is 12.4 Å². The molecule has 1 atom stereocenters. The van der Waals surface area contributed by atoms with E-state index >= 15 is 0 Å². The lowest BCUT2D eigenvalue weighted by molar-refractivity contribution is 0.353. The maximum absolute atomic E-state index is 6.18. The third-order valence-electron chi connectivity index (χ3n) is 2.87. The Hall–Kier alpha value is -0.490. The molecule has 110 valence electrons. The molecule has 0 aliphatic carbocycles. The average Bonchev–Trinajstić information content (AvgIpc) is 2.38. The first-order valence-corrected chi connectivity index (χ1v) is 6.80. The van der Waals surface area contributed by atoms with Crippen LogP contribution in [0.4, 0.5) is 0 Å². The lowest BCUT2D eigenvalue weighted by Crippen LogP contribution is -2.12. The predicted molar refractivity (Wildman–Crippen MR) is 84.3 cm³/mol. The number of hydrogen-bond acceptors (Lipinski definition) is 4. The highest BCUT2D eigenvalue weighted by Gasteiger charge is 2.14. The van der Waals surface area contributed by atoms with Crippen molar-refractivity contribution < 1.29 is 9.47 Å². The van der Waals surface area contributed by atoms with Gasteiger partial charge in [-0.1, -0.05) is 22.4 Å². The lowest BCUT2D eigenvalue weighted by Gasteiger charge is -2.17. The molecular weight excluding hydrogens is 332 g/mol. The SMILES string of the molecule is COc1cc(Br)c([C@H](N)CCCCN)cc1OC.Cl. The summed E-state index contributed by atoms with van der Waals surface area (Å²) in [5.74, 6) is 1.40. The first kappa shape index (κ1) is 18.5. The van der Waals surface area contributed by atoms with Gasteiger partial charge in [0.15, 0.2) is 11.5 Å². The van der Waals surface area contributed by atoms with Gasteiger partial charge in [0.2, 0.25) is 0 Å². The topological polar surface area (TPSA) is 70.5 Å². The van der Waals surface area contributed by atoms with Crippen LogP contribution in [0.5, 0.6) is 11.5 Å². The third kappa shape index (κ3) is 5.18. The number of nitrogens with two attached hydrogens (primary N) is 2. The molecule has 19 heavy (non-hydrogen) atoms. The number of rotatable bonds is 7. The van der Waals surface area contributed by atoms with Crippen molar-refractivity contribution in [3.05, 3.63) is 22.2 Å². The molecule has 0 heterocycles. The van der Waals surface area contributed by atoms with Crippen LogP contribution in [0.1, 0.15) is 30.9 Å². The Kier molecular flexibility index (Phi) is 9.18. The molecule has 0 aliphatic rings. The first-order valence-electron chi connectivity index (χ1n) is 6.01. The summed E-state index contributed by atoms with van der Waals surface area (Å²) in [4.78, 5) is 0. The highest BCUT2D eigenvalue weighted by molar-refractivity contribution is 9.10. The van der Waals surface area contributed by atoms with Crippen molar-refractivity contribution >= 4 is 28.3 Å². The van der Waals surface area contributed by atoms with Gasteiger partial charge in [0.25, 0.3) is 0 Å². The van der Waals surface area contributed by atoms with E-state index in [0.717, 1.165) is 29.3 Å². The molecule has 4 N–H and O–H groups in total. The van der Waals surface area contributed by atoms with Crippen molar-refractivity contribution in [1.29, 1.82) is 0 Å². The highest BCUT2D eigenvalue weighted by atomic mass is 79.9. The first-order chi connectivity index (χ1) is 8.63. The van der Waals surface area contributed by atoms with E-state index < -0.39 is 0 Å². The molecule has 1 aromatic rings. The predicted octanol–water partition coefficient (Wildman–Crippen LogP) is 3.02. The molecule has 0 bridgehead atoms. The summed E-state index contributed by atoms with van der Waals surface area (Å²) in [7, 11) is 3.24. The lowest BCUT2D eigenvalue weighted by atomic mass is 10.0. The summed E-state index contributed by atoms with van der Waals surface area (Å²) in [6, 6.07) is 3.79. The Bertz CT molecular complexity index is 391. The van der Waals surface area contributed by atoms with E-state index in [1.807, 2.05) is 12.1 Å². The Balaban J connectivity index is 0.00000324. The van der Waals surface area contributed by atoms with Gasteiger partial charge < -0.3 is 20.9 Å². The summed E-state index contributed by atoms with van der Waals surface area (Å²) >= 11 is 3.52. The maximum atomic E-state index is 6.18. The van der Waals surface area contributed by atoms with Crippen LogP contribution in [0.3, 0.4) is 0 Å². The van der Waals surface area contributed by atoms with Gasteiger partial charge in [0.1, 0.15) is 0 Å². The molecule has 4 nitrogen and oxygen atoms in total. The fourth-order valence-electron chi connectivity index (χ4n) is 1.82. The van der Waals surface area contributed by atoms with E-state index in [-0.39, 0.29) is 18.4 Å². The van der Waals surface area contributed by atoms with Crippen LogP contribution in [0.2, 0.25) is 0 Å². The molecule has 0 radical (unpaired) electrons. The zero-order chi connectivity index (χ0) is 13.5.